The maximum atomic E-state index is 4.19. The van der Waals surface area contributed by atoms with Gasteiger partial charge in [0.05, 0.1) is 6.04 Å². The maximum absolute atomic E-state index is 4.19. The average Bonchev–Trinajstić information content (AvgIpc) is 3.42. The van der Waals surface area contributed by atoms with Crippen molar-refractivity contribution in [1.29, 1.82) is 0 Å². The Hall–Kier alpha value is -4.82. The summed E-state index contributed by atoms with van der Waals surface area (Å²) in [4.78, 5) is 4.79. The molecule has 2 aliphatic rings. The monoisotopic (exact) mass is 588 g/mol. The standard InChI is InChI=1S/C43H44N2/c1-7-28-42(29-8-2)38(44(5)36-26-24-32-18-14-16-20-34(32)40(36)42)22-12-11-13-23-39-43(30-9-3,31-10-4)41-35-21-17-15-19-33(35)25-27-37(41)45(39)6/h7-27,38H,1-4,28-31H2,5-6H3/b13-11+,22-12+,39-23+. The van der Waals surface area contributed by atoms with Crippen molar-refractivity contribution in [3.05, 3.63) is 171 Å². The van der Waals surface area contributed by atoms with Crippen LogP contribution in [0.25, 0.3) is 21.5 Å². The van der Waals surface area contributed by atoms with E-state index in [9.17, 15) is 0 Å². The Bertz CT molecular complexity index is 1860. The molecule has 0 saturated heterocycles. The van der Waals surface area contributed by atoms with Crippen LogP contribution in [-0.2, 0) is 10.8 Å². The lowest BCUT2D eigenvalue weighted by Gasteiger charge is -2.36. The van der Waals surface area contributed by atoms with E-state index in [-0.39, 0.29) is 16.9 Å². The summed E-state index contributed by atoms with van der Waals surface area (Å²) in [5, 5.41) is 5.16. The molecule has 1 atom stereocenters. The van der Waals surface area contributed by atoms with Gasteiger partial charge in [-0.25, -0.2) is 0 Å². The first-order valence-electron chi connectivity index (χ1n) is 16.0. The zero-order valence-corrected chi connectivity index (χ0v) is 26.8. The van der Waals surface area contributed by atoms with Gasteiger partial charge in [0.1, 0.15) is 0 Å². The van der Waals surface area contributed by atoms with Crippen LogP contribution in [0.15, 0.2) is 159 Å². The first kappa shape index (κ1) is 30.2. The molecule has 0 N–H and O–H groups in total. The van der Waals surface area contributed by atoms with E-state index in [0.717, 1.165) is 25.7 Å². The number of nitrogens with zero attached hydrogens (tertiary/aromatic N) is 2. The Morgan fingerprint density at radius 2 is 1.18 bits per heavy atom. The third kappa shape index (κ3) is 4.71. The Balaban J connectivity index is 1.39. The zero-order chi connectivity index (χ0) is 31.6. The van der Waals surface area contributed by atoms with Crippen LogP contribution in [0.2, 0.25) is 0 Å². The van der Waals surface area contributed by atoms with Gasteiger partial charge < -0.3 is 9.80 Å². The van der Waals surface area contributed by atoms with Crippen molar-refractivity contribution in [2.45, 2.75) is 42.6 Å². The van der Waals surface area contributed by atoms with Crippen molar-refractivity contribution in [3.8, 4) is 0 Å². The fourth-order valence-corrected chi connectivity index (χ4v) is 8.37. The third-order valence-electron chi connectivity index (χ3n) is 10.1. The molecular weight excluding hydrogens is 544 g/mol. The van der Waals surface area contributed by atoms with Crippen molar-refractivity contribution < 1.29 is 0 Å². The van der Waals surface area contributed by atoms with Gasteiger partial charge in [-0.05, 0) is 76.6 Å². The molecule has 0 spiro atoms. The van der Waals surface area contributed by atoms with Crippen LogP contribution in [0.3, 0.4) is 0 Å². The zero-order valence-electron chi connectivity index (χ0n) is 26.8. The molecule has 2 heterocycles. The number of hydrogen-bond acceptors (Lipinski definition) is 2. The third-order valence-corrected chi connectivity index (χ3v) is 10.1. The smallest absolute Gasteiger partial charge is 0.0576 e. The second-order valence-electron chi connectivity index (χ2n) is 12.5. The van der Waals surface area contributed by atoms with Crippen LogP contribution < -0.4 is 9.80 Å². The van der Waals surface area contributed by atoms with Crippen molar-refractivity contribution in [2.24, 2.45) is 0 Å². The number of likely N-dealkylation sites (N-methyl/N-ethyl adjacent to an activating group) is 2. The molecule has 2 aliphatic heterocycles. The molecule has 2 heteroatoms. The second-order valence-corrected chi connectivity index (χ2v) is 12.5. The first-order chi connectivity index (χ1) is 22.0. The van der Waals surface area contributed by atoms with E-state index in [2.05, 4.69) is 178 Å². The average molecular weight is 589 g/mol. The molecule has 0 fully saturated rings. The Labute approximate surface area is 269 Å². The highest BCUT2D eigenvalue weighted by Crippen LogP contribution is 2.55. The van der Waals surface area contributed by atoms with E-state index in [1.807, 2.05) is 0 Å². The largest absolute Gasteiger partial charge is 0.367 e. The molecule has 226 valence electrons. The Morgan fingerprint density at radius 3 is 1.78 bits per heavy atom. The molecule has 0 saturated carbocycles. The number of fused-ring (bicyclic) bond motifs is 6. The molecule has 2 nitrogen and oxygen atoms in total. The lowest BCUT2D eigenvalue weighted by molar-refractivity contribution is 0.412. The highest BCUT2D eigenvalue weighted by atomic mass is 15.2. The quantitative estimate of drug-likeness (QED) is 0.127. The number of benzene rings is 4. The minimum atomic E-state index is -0.222. The van der Waals surface area contributed by atoms with Crippen LogP contribution >= 0.6 is 0 Å². The minimum Gasteiger partial charge on any atom is -0.367 e. The van der Waals surface area contributed by atoms with Crippen LogP contribution in [0.5, 0.6) is 0 Å². The first-order valence-corrected chi connectivity index (χ1v) is 16.0. The van der Waals surface area contributed by atoms with Gasteiger partial charge in [-0.1, -0.05) is 109 Å². The van der Waals surface area contributed by atoms with Gasteiger partial charge in [0, 0.05) is 42.0 Å². The van der Waals surface area contributed by atoms with Crippen LogP contribution in [0.1, 0.15) is 36.8 Å². The molecule has 0 amide bonds. The molecule has 4 aromatic carbocycles. The van der Waals surface area contributed by atoms with E-state index >= 15 is 0 Å². The molecular formula is C43H44N2. The topological polar surface area (TPSA) is 6.48 Å². The summed E-state index contributed by atoms with van der Waals surface area (Å²) in [6.45, 7) is 16.7. The van der Waals surface area contributed by atoms with E-state index < -0.39 is 0 Å². The summed E-state index contributed by atoms with van der Waals surface area (Å²) in [5.41, 5.74) is 6.21. The van der Waals surface area contributed by atoms with E-state index in [1.165, 1.54) is 49.7 Å². The molecule has 1 unspecified atom stereocenters. The van der Waals surface area contributed by atoms with Gasteiger partial charge in [-0.15, -0.1) is 26.3 Å². The summed E-state index contributed by atoms with van der Waals surface area (Å²) in [5.74, 6) is 0. The molecule has 0 aromatic heterocycles. The summed E-state index contributed by atoms with van der Waals surface area (Å²) >= 11 is 0. The van der Waals surface area contributed by atoms with E-state index in [1.54, 1.807) is 0 Å². The van der Waals surface area contributed by atoms with Crippen LogP contribution in [0.4, 0.5) is 11.4 Å². The van der Waals surface area contributed by atoms with Gasteiger partial charge in [0.15, 0.2) is 0 Å². The minimum absolute atomic E-state index is 0.144. The lowest BCUT2D eigenvalue weighted by Crippen LogP contribution is -2.41. The maximum Gasteiger partial charge on any atom is 0.0576 e. The highest BCUT2D eigenvalue weighted by Gasteiger charge is 2.48. The molecule has 0 radical (unpaired) electrons. The van der Waals surface area contributed by atoms with Crippen LogP contribution in [0, 0.1) is 0 Å². The summed E-state index contributed by atoms with van der Waals surface area (Å²) in [6.07, 6.45) is 22.9. The molecule has 0 aliphatic carbocycles. The predicted molar refractivity (Wildman–Crippen MR) is 197 cm³/mol. The van der Waals surface area contributed by atoms with E-state index in [4.69, 9.17) is 0 Å². The van der Waals surface area contributed by atoms with Gasteiger partial charge >= 0.3 is 0 Å². The van der Waals surface area contributed by atoms with Gasteiger partial charge in [0.25, 0.3) is 0 Å². The van der Waals surface area contributed by atoms with Crippen molar-refractivity contribution in [1.82, 2.24) is 0 Å². The fraction of sp³-hybridized carbons (Fsp3) is 0.209. The molecule has 45 heavy (non-hydrogen) atoms. The number of allylic oxidation sites excluding steroid dienone is 9. The van der Waals surface area contributed by atoms with Crippen LogP contribution in [-0.4, -0.2) is 20.1 Å². The summed E-state index contributed by atoms with van der Waals surface area (Å²) in [7, 11) is 4.40. The van der Waals surface area contributed by atoms with Gasteiger partial charge in [-0.3, -0.25) is 0 Å². The Kier molecular flexibility index (Phi) is 8.25. The normalized spacial score (nSPS) is 19.1. The SMILES string of the molecule is C=CCC1(CC=C)\C(=C/C=C/C=C/C2N(C)c3ccc4ccccc4c3C2(CC=C)CC=C)N(C)c2ccc3ccccc3c21. The van der Waals surface area contributed by atoms with Gasteiger partial charge in [0.2, 0.25) is 0 Å². The fourth-order valence-electron chi connectivity index (χ4n) is 8.37. The number of hydrogen-bond donors (Lipinski definition) is 0. The molecule has 0 bridgehead atoms. The molecule has 4 aromatic rings. The molecule has 6 rings (SSSR count). The predicted octanol–water partition coefficient (Wildman–Crippen LogP) is 10.7. The number of rotatable bonds is 11. The highest BCUT2D eigenvalue weighted by molar-refractivity contribution is 5.95. The van der Waals surface area contributed by atoms with Crippen molar-refractivity contribution >= 4 is 32.9 Å². The second kappa shape index (κ2) is 12.3. The van der Waals surface area contributed by atoms with Crippen molar-refractivity contribution in [3.63, 3.8) is 0 Å². The lowest BCUT2D eigenvalue weighted by atomic mass is 9.70. The Morgan fingerprint density at radius 1 is 0.622 bits per heavy atom. The van der Waals surface area contributed by atoms with Gasteiger partial charge in [-0.2, -0.15) is 0 Å². The summed E-state index contributed by atoms with van der Waals surface area (Å²) < 4.78 is 0. The van der Waals surface area contributed by atoms with E-state index in [0.29, 0.717) is 0 Å². The van der Waals surface area contributed by atoms with Crippen molar-refractivity contribution in [2.75, 3.05) is 23.9 Å². The summed E-state index contributed by atoms with van der Waals surface area (Å²) in [6, 6.07) is 26.6. The number of anilines is 2.